The third-order valence-corrected chi connectivity index (χ3v) is 6.01. The quantitative estimate of drug-likeness (QED) is 0.754. The predicted octanol–water partition coefficient (Wildman–Crippen LogP) is 1.80. The molecule has 2 aromatic carbocycles. The fraction of sp³-hybridized carbons (Fsp3) is 0.316. The first kappa shape index (κ1) is 20.0. The van der Waals surface area contributed by atoms with Crippen molar-refractivity contribution in [3.8, 4) is 17.2 Å². The van der Waals surface area contributed by atoms with Gasteiger partial charge in [0.2, 0.25) is 15.9 Å². The van der Waals surface area contributed by atoms with E-state index in [2.05, 4.69) is 4.72 Å². The van der Waals surface area contributed by atoms with E-state index in [9.17, 15) is 13.2 Å². The first-order valence-corrected chi connectivity index (χ1v) is 10.0. The minimum absolute atomic E-state index is 0.0402. The topological polar surface area (TPSA) is 94.2 Å². The molecule has 1 saturated heterocycles. The smallest absolute Gasteiger partial charge is 0.244 e. The summed E-state index contributed by atoms with van der Waals surface area (Å²) in [6.07, 6.45) is 0.0583. The van der Waals surface area contributed by atoms with Crippen LogP contribution < -0.4 is 23.8 Å². The summed E-state index contributed by atoms with van der Waals surface area (Å²) in [7, 11) is 0.470. The molecule has 0 bridgehead atoms. The molecule has 150 valence electrons. The van der Waals surface area contributed by atoms with Crippen LogP contribution in [0.25, 0.3) is 0 Å². The summed E-state index contributed by atoms with van der Waals surface area (Å²) in [5.74, 6) is 1.04. The van der Waals surface area contributed by atoms with Gasteiger partial charge in [0.1, 0.15) is 22.1 Å². The molecule has 1 atom stereocenters. The largest absolute Gasteiger partial charge is 0.497 e. The lowest BCUT2D eigenvalue weighted by molar-refractivity contribution is -0.117. The molecule has 1 unspecified atom stereocenters. The highest BCUT2D eigenvalue weighted by molar-refractivity contribution is 7.89. The van der Waals surface area contributed by atoms with Crippen LogP contribution >= 0.6 is 0 Å². The molecule has 1 aliphatic rings. The second kappa shape index (κ2) is 8.07. The van der Waals surface area contributed by atoms with Gasteiger partial charge >= 0.3 is 0 Å². The van der Waals surface area contributed by atoms with Crippen molar-refractivity contribution in [2.75, 3.05) is 32.8 Å². The number of rotatable bonds is 7. The Morgan fingerprint density at radius 2 is 1.71 bits per heavy atom. The van der Waals surface area contributed by atoms with E-state index >= 15 is 0 Å². The summed E-state index contributed by atoms with van der Waals surface area (Å²) in [6, 6.07) is 11.0. The van der Waals surface area contributed by atoms with Crippen LogP contribution in [0.5, 0.6) is 17.2 Å². The standard InChI is InChI=1S/C19H22N2O6S/c1-25-15-6-4-5-14(10-15)21-12-13(9-19(21)22)20-28(23,24)18-11-16(26-2)7-8-17(18)27-3/h4-8,10-11,13,20H,9,12H2,1-3H3. The van der Waals surface area contributed by atoms with Crippen molar-refractivity contribution >= 4 is 21.6 Å². The number of benzene rings is 2. The van der Waals surface area contributed by atoms with E-state index in [4.69, 9.17) is 14.2 Å². The first-order chi connectivity index (χ1) is 13.4. The van der Waals surface area contributed by atoms with Crippen LogP contribution in [0.1, 0.15) is 6.42 Å². The number of amides is 1. The Morgan fingerprint density at radius 1 is 1.00 bits per heavy atom. The van der Waals surface area contributed by atoms with Crippen molar-refractivity contribution in [3.63, 3.8) is 0 Å². The maximum Gasteiger partial charge on any atom is 0.244 e. The number of anilines is 1. The molecule has 0 spiro atoms. The van der Waals surface area contributed by atoms with Gasteiger partial charge in [-0.2, -0.15) is 0 Å². The fourth-order valence-electron chi connectivity index (χ4n) is 3.09. The van der Waals surface area contributed by atoms with Crippen LogP contribution in [0.3, 0.4) is 0 Å². The summed E-state index contributed by atoms with van der Waals surface area (Å²) >= 11 is 0. The van der Waals surface area contributed by atoms with Gasteiger partial charge in [-0.25, -0.2) is 13.1 Å². The summed E-state index contributed by atoms with van der Waals surface area (Å²) in [5, 5.41) is 0. The molecule has 28 heavy (non-hydrogen) atoms. The number of ether oxygens (including phenoxy) is 3. The Balaban J connectivity index is 1.81. The Morgan fingerprint density at radius 3 is 2.39 bits per heavy atom. The molecule has 8 nitrogen and oxygen atoms in total. The van der Waals surface area contributed by atoms with Crippen LogP contribution in [0.2, 0.25) is 0 Å². The second-order valence-corrected chi connectivity index (χ2v) is 7.93. The lowest BCUT2D eigenvalue weighted by Gasteiger charge is -2.18. The van der Waals surface area contributed by atoms with Gasteiger partial charge in [0.15, 0.2) is 0 Å². The number of nitrogens with one attached hydrogen (secondary N) is 1. The number of hydrogen-bond acceptors (Lipinski definition) is 6. The third-order valence-electron chi connectivity index (χ3n) is 4.47. The van der Waals surface area contributed by atoms with Crippen LogP contribution in [-0.4, -0.2) is 48.2 Å². The molecule has 0 radical (unpaired) electrons. The van der Waals surface area contributed by atoms with Gasteiger partial charge in [-0.3, -0.25) is 4.79 Å². The van der Waals surface area contributed by atoms with Crippen molar-refractivity contribution in [2.24, 2.45) is 0 Å². The van der Waals surface area contributed by atoms with Crippen molar-refractivity contribution in [1.82, 2.24) is 4.72 Å². The SMILES string of the molecule is COc1cccc(N2CC(NS(=O)(=O)c3cc(OC)ccc3OC)CC2=O)c1. The molecule has 1 heterocycles. The van der Waals surface area contributed by atoms with E-state index in [-0.39, 0.29) is 29.5 Å². The van der Waals surface area contributed by atoms with Crippen molar-refractivity contribution < 1.29 is 27.4 Å². The van der Waals surface area contributed by atoms with E-state index in [1.165, 1.54) is 26.4 Å². The molecule has 1 N–H and O–H groups in total. The Bertz CT molecular complexity index is 976. The zero-order chi connectivity index (χ0) is 20.3. The van der Waals surface area contributed by atoms with Crippen LogP contribution in [0.4, 0.5) is 5.69 Å². The normalized spacial score (nSPS) is 16.9. The third kappa shape index (κ3) is 4.05. The molecule has 0 saturated carbocycles. The zero-order valence-electron chi connectivity index (χ0n) is 15.8. The van der Waals surface area contributed by atoms with Crippen LogP contribution in [-0.2, 0) is 14.8 Å². The van der Waals surface area contributed by atoms with Gasteiger partial charge in [0.25, 0.3) is 0 Å². The highest BCUT2D eigenvalue weighted by Gasteiger charge is 2.34. The lowest BCUT2D eigenvalue weighted by atomic mass is 10.3. The fourth-order valence-corrected chi connectivity index (χ4v) is 4.50. The number of carbonyl (C=O) groups excluding carboxylic acids is 1. The van der Waals surface area contributed by atoms with Gasteiger partial charge in [-0.05, 0) is 24.3 Å². The summed E-state index contributed by atoms with van der Waals surface area (Å²) < 4.78 is 43.8. The number of methoxy groups -OCH3 is 3. The first-order valence-electron chi connectivity index (χ1n) is 8.56. The molecule has 1 fully saturated rings. The minimum Gasteiger partial charge on any atom is -0.497 e. The van der Waals surface area contributed by atoms with Crippen molar-refractivity contribution in [3.05, 3.63) is 42.5 Å². The van der Waals surface area contributed by atoms with Crippen LogP contribution in [0, 0.1) is 0 Å². The number of nitrogens with zero attached hydrogens (tertiary/aromatic N) is 1. The average Bonchev–Trinajstić information content (AvgIpc) is 3.06. The highest BCUT2D eigenvalue weighted by atomic mass is 32.2. The molecule has 0 aromatic heterocycles. The van der Waals surface area contributed by atoms with E-state index in [1.807, 2.05) is 0 Å². The van der Waals surface area contributed by atoms with Gasteiger partial charge in [-0.15, -0.1) is 0 Å². The van der Waals surface area contributed by atoms with Gasteiger partial charge in [0, 0.05) is 36.8 Å². The maximum atomic E-state index is 12.9. The molecule has 2 aromatic rings. The van der Waals surface area contributed by atoms with Crippen molar-refractivity contribution in [2.45, 2.75) is 17.4 Å². The molecular formula is C19H22N2O6S. The Hall–Kier alpha value is -2.78. The molecule has 3 rings (SSSR count). The average molecular weight is 406 g/mol. The van der Waals surface area contributed by atoms with E-state index < -0.39 is 16.1 Å². The molecule has 0 aliphatic carbocycles. The molecule has 1 aliphatic heterocycles. The minimum atomic E-state index is -3.92. The number of hydrogen-bond donors (Lipinski definition) is 1. The molecular weight excluding hydrogens is 384 g/mol. The van der Waals surface area contributed by atoms with Gasteiger partial charge in [0.05, 0.1) is 21.3 Å². The zero-order valence-corrected chi connectivity index (χ0v) is 16.7. The Kier molecular flexibility index (Phi) is 5.76. The van der Waals surface area contributed by atoms with Crippen LogP contribution in [0.15, 0.2) is 47.4 Å². The summed E-state index contributed by atoms with van der Waals surface area (Å²) in [5.41, 5.74) is 0.657. The van der Waals surface area contributed by atoms with E-state index in [0.29, 0.717) is 17.2 Å². The lowest BCUT2D eigenvalue weighted by Crippen LogP contribution is -2.37. The molecule has 9 heteroatoms. The maximum absolute atomic E-state index is 12.9. The highest BCUT2D eigenvalue weighted by Crippen LogP contribution is 2.30. The Labute approximate surface area is 164 Å². The number of sulfonamides is 1. The second-order valence-electron chi connectivity index (χ2n) is 6.24. The van der Waals surface area contributed by atoms with Gasteiger partial charge < -0.3 is 19.1 Å². The van der Waals surface area contributed by atoms with Gasteiger partial charge in [-0.1, -0.05) is 6.07 Å². The van der Waals surface area contributed by atoms with E-state index in [0.717, 1.165) is 0 Å². The monoisotopic (exact) mass is 406 g/mol. The predicted molar refractivity (Wildman–Crippen MR) is 104 cm³/mol. The number of carbonyl (C=O) groups is 1. The molecule has 1 amide bonds. The summed E-state index contributed by atoms with van der Waals surface area (Å²) in [4.78, 5) is 13.9. The summed E-state index contributed by atoms with van der Waals surface area (Å²) in [6.45, 7) is 0.220. The van der Waals surface area contributed by atoms with Crippen molar-refractivity contribution in [1.29, 1.82) is 0 Å². The van der Waals surface area contributed by atoms with E-state index in [1.54, 1.807) is 42.3 Å².